The topological polar surface area (TPSA) is 94.8 Å². The van der Waals surface area contributed by atoms with Crippen molar-refractivity contribution in [1.82, 2.24) is 14.9 Å². The number of nitrogens with zero attached hydrogens (tertiary/aromatic N) is 3. The third kappa shape index (κ3) is 3.04. The van der Waals surface area contributed by atoms with Crippen molar-refractivity contribution in [2.75, 3.05) is 14.2 Å². The van der Waals surface area contributed by atoms with Crippen LogP contribution in [0.15, 0.2) is 21.6 Å². The summed E-state index contributed by atoms with van der Waals surface area (Å²) in [6.07, 6.45) is 4.54. The maximum atomic E-state index is 12.8. The summed E-state index contributed by atoms with van der Waals surface area (Å²) in [5, 5.41) is 1.98. The van der Waals surface area contributed by atoms with Crippen LogP contribution in [0.3, 0.4) is 0 Å². The zero-order chi connectivity index (χ0) is 19.0. The first-order valence-corrected chi connectivity index (χ1v) is 9.75. The van der Waals surface area contributed by atoms with Crippen molar-refractivity contribution in [2.45, 2.75) is 44.3 Å². The first-order valence-electron chi connectivity index (χ1n) is 8.81. The van der Waals surface area contributed by atoms with Crippen LogP contribution in [0.5, 0.6) is 0 Å². The minimum atomic E-state index is -0.608. The van der Waals surface area contributed by atoms with Gasteiger partial charge in [-0.25, -0.2) is 14.8 Å². The fourth-order valence-electron chi connectivity index (χ4n) is 4.62. The highest BCUT2D eigenvalue weighted by Gasteiger charge is 2.60. The smallest absolute Gasteiger partial charge is 0.360 e. The quantitative estimate of drug-likeness (QED) is 0.691. The highest BCUT2D eigenvalue weighted by molar-refractivity contribution is 7.07. The van der Waals surface area contributed by atoms with Crippen molar-refractivity contribution in [3.63, 3.8) is 0 Å². The summed E-state index contributed by atoms with van der Waals surface area (Å²) in [5.74, 6) is -0.265. The van der Waals surface area contributed by atoms with Crippen molar-refractivity contribution in [1.29, 1.82) is 0 Å². The molecule has 0 unspecified atom stereocenters. The Morgan fingerprint density at radius 1 is 1.37 bits per heavy atom. The summed E-state index contributed by atoms with van der Waals surface area (Å²) in [6.45, 7) is 0.447. The third-order valence-corrected chi connectivity index (χ3v) is 6.35. The van der Waals surface area contributed by atoms with E-state index in [1.165, 1.54) is 31.8 Å². The van der Waals surface area contributed by atoms with Gasteiger partial charge in [0.2, 0.25) is 5.89 Å². The van der Waals surface area contributed by atoms with Crippen LogP contribution in [0.2, 0.25) is 0 Å². The summed E-state index contributed by atoms with van der Waals surface area (Å²) < 4.78 is 15.3. The molecule has 144 valence electrons. The number of hydrogen-bond acceptors (Lipinski definition) is 9. The van der Waals surface area contributed by atoms with Crippen molar-refractivity contribution in [3.8, 4) is 0 Å². The van der Waals surface area contributed by atoms with E-state index in [9.17, 15) is 9.59 Å². The molecule has 0 aromatic carbocycles. The maximum absolute atomic E-state index is 12.8. The Balaban J connectivity index is 1.58. The number of ether oxygens (including phenoxy) is 2. The highest BCUT2D eigenvalue weighted by atomic mass is 32.1. The van der Waals surface area contributed by atoms with E-state index in [4.69, 9.17) is 9.15 Å². The van der Waals surface area contributed by atoms with Gasteiger partial charge in [-0.15, -0.1) is 11.3 Å². The van der Waals surface area contributed by atoms with Crippen LogP contribution in [0.25, 0.3) is 0 Å². The minimum absolute atomic E-state index is 0.0325. The van der Waals surface area contributed by atoms with E-state index >= 15 is 0 Å². The fraction of sp³-hybridized carbons (Fsp3) is 0.556. The number of methoxy groups -OCH3 is 2. The van der Waals surface area contributed by atoms with E-state index < -0.39 is 11.4 Å². The summed E-state index contributed by atoms with van der Waals surface area (Å²) in [7, 11) is 2.75. The maximum Gasteiger partial charge on any atom is 0.360 e. The van der Waals surface area contributed by atoms with Gasteiger partial charge in [0.05, 0.1) is 37.4 Å². The molecule has 2 aromatic heterocycles. The van der Waals surface area contributed by atoms with Gasteiger partial charge < -0.3 is 13.9 Å². The molecule has 2 aliphatic rings. The van der Waals surface area contributed by atoms with E-state index in [0.29, 0.717) is 18.9 Å². The second-order valence-electron chi connectivity index (χ2n) is 7.05. The van der Waals surface area contributed by atoms with Crippen molar-refractivity contribution in [3.05, 3.63) is 34.4 Å². The molecule has 3 atom stereocenters. The Hall–Kier alpha value is -2.26. The van der Waals surface area contributed by atoms with Gasteiger partial charge in [0.1, 0.15) is 6.26 Å². The lowest BCUT2D eigenvalue weighted by Crippen LogP contribution is -2.45. The molecule has 4 heterocycles. The predicted octanol–water partition coefficient (Wildman–Crippen LogP) is 2.06. The Bertz CT molecular complexity index is 836. The number of carbonyl (C=O) groups excluding carboxylic acids is 2. The molecule has 2 aliphatic heterocycles. The van der Waals surface area contributed by atoms with Gasteiger partial charge in [0.25, 0.3) is 0 Å². The van der Waals surface area contributed by atoms with Gasteiger partial charge in [-0.3, -0.25) is 9.69 Å². The van der Waals surface area contributed by atoms with Gasteiger partial charge in [-0.05, 0) is 19.3 Å². The first-order chi connectivity index (χ1) is 13.1. The van der Waals surface area contributed by atoms with E-state index in [1.807, 2.05) is 5.38 Å². The number of carbonyl (C=O) groups is 2. The third-order valence-electron chi connectivity index (χ3n) is 5.72. The molecule has 8 nitrogen and oxygen atoms in total. The standard InChI is InChI=1S/C18H21N3O5S/c1-24-16(22)13-8-26-15(20-13)7-21-12-3-4-14(21)18(6-12,17(23)25-2)5-11-9-27-10-19-11/h8-10,12,14H,3-7H2,1-2H3/t12-,14+,18+/m1/s1. The molecule has 2 fully saturated rings. The van der Waals surface area contributed by atoms with Crippen LogP contribution in [-0.4, -0.2) is 53.1 Å². The molecular formula is C18H21N3O5S. The Morgan fingerprint density at radius 2 is 2.22 bits per heavy atom. The second-order valence-corrected chi connectivity index (χ2v) is 7.76. The number of rotatable bonds is 6. The molecule has 4 rings (SSSR count). The first kappa shape index (κ1) is 18.1. The van der Waals surface area contributed by atoms with E-state index in [-0.39, 0.29) is 23.7 Å². The average molecular weight is 391 g/mol. The summed E-state index contributed by atoms with van der Waals surface area (Å²) >= 11 is 1.53. The fourth-order valence-corrected chi connectivity index (χ4v) is 5.17. The lowest BCUT2D eigenvalue weighted by Gasteiger charge is -2.34. The molecule has 0 spiro atoms. The molecule has 0 radical (unpaired) electrons. The Labute approximate surface area is 160 Å². The largest absolute Gasteiger partial charge is 0.469 e. The Kier molecular flexibility index (Phi) is 4.73. The van der Waals surface area contributed by atoms with Gasteiger partial charge in [-0.2, -0.15) is 0 Å². The summed E-state index contributed by atoms with van der Waals surface area (Å²) in [6, 6.07) is 0.284. The molecule has 2 saturated heterocycles. The molecule has 27 heavy (non-hydrogen) atoms. The van der Waals surface area contributed by atoms with Crippen LogP contribution in [-0.2, 0) is 27.2 Å². The highest BCUT2D eigenvalue weighted by Crippen LogP contribution is 2.52. The molecule has 0 aliphatic carbocycles. The summed E-state index contributed by atoms with van der Waals surface area (Å²) in [4.78, 5) is 35.3. The average Bonchev–Trinajstić information content (AvgIpc) is 3.46. The normalized spacial score (nSPS) is 27.0. The lowest BCUT2D eigenvalue weighted by molar-refractivity contribution is -0.155. The number of oxazole rings is 1. The molecule has 2 bridgehead atoms. The molecule has 0 N–H and O–H groups in total. The molecular weight excluding hydrogens is 370 g/mol. The van der Waals surface area contributed by atoms with Crippen molar-refractivity contribution >= 4 is 23.3 Å². The van der Waals surface area contributed by atoms with Gasteiger partial charge in [0.15, 0.2) is 5.69 Å². The van der Waals surface area contributed by atoms with E-state index in [0.717, 1.165) is 25.0 Å². The van der Waals surface area contributed by atoms with Crippen molar-refractivity contribution < 1.29 is 23.5 Å². The van der Waals surface area contributed by atoms with E-state index in [1.54, 1.807) is 5.51 Å². The van der Waals surface area contributed by atoms with Gasteiger partial charge in [-0.1, -0.05) is 0 Å². The zero-order valence-electron chi connectivity index (χ0n) is 15.2. The number of hydrogen-bond donors (Lipinski definition) is 0. The molecule has 0 saturated carbocycles. The lowest BCUT2D eigenvalue weighted by atomic mass is 9.71. The van der Waals surface area contributed by atoms with Crippen LogP contribution < -0.4 is 0 Å². The Morgan fingerprint density at radius 3 is 2.93 bits per heavy atom. The second kappa shape index (κ2) is 7.05. The molecule has 2 aromatic rings. The molecule has 0 amide bonds. The monoisotopic (exact) mass is 391 g/mol. The van der Waals surface area contributed by atoms with Crippen LogP contribution in [0.1, 0.15) is 41.3 Å². The van der Waals surface area contributed by atoms with Gasteiger partial charge in [0, 0.05) is 23.9 Å². The zero-order valence-corrected chi connectivity index (χ0v) is 16.0. The van der Waals surface area contributed by atoms with Crippen LogP contribution in [0, 0.1) is 5.41 Å². The number of thiazole rings is 1. The van der Waals surface area contributed by atoms with E-state index in [2.05, 4.69) is 19.6 Å². The minimum Gasteiger partial charge on any atom is -0.469 e. The summed E-state index contributed by atoms with van der Waals surface area (Å²) in [5.41, 5.74) is 2.25. The van der Waals surface area contributed by atoms with Crippen molar-refractivity contribution in [2.24, 2.45) is 5.41 Å². The number of esters is 2. The van der Waals surface area contributed by atoms with Crippen LogP contribution in [0.4, 0.5) is 0 Å². The SMILES string of the molecule is COC(=O)c1coc(CN2[C@@H]3CC[C@H]2[C@@](Cc2cscn2)(C(=O)OC)C3)n1. The van der Waals surface area contributed by atoms with Gasteiger partial charge >= 0.3 is 11.9 Å². The number of fused-ring (bicyclic) bond motifs is 2. The molecule has 9 heteroatoms. The van der Waals surface area contributed by atoms with Crippen LogP contribution >= 0.6 is 11.3 Å². The predicted molar refractivity (Wildman–Crippen MR) is 95.1 cm³/mol. The number of aromatic nitrogens is 2.